The topological polar surface area (TPSA) is 60.9 Å². The number of aliphatic carboxylic acids is 1. The summed E-state index contributed by atoms with van der Waals surface area (Å²) in [4.78, 5) is 27.6. The van der Waals surface area contributed by atoms with Crippen molar-refractivity contribution in [3.05, 3.63) is 12.7 Å². The van der Waals surface area contributed by atoms with Crippen LogP contribution in [0.2, 0.25) is 0 Å². The van der Waals surface area contributed by atoms with E-state index < -0.39 is 12.0 Å². The Morgan fingerprint density at radius 3 is 2.60 bits per heavy atom. The summed E-state index contributed by atoms with van der Waals surface area (Å²) >= 11 is 0. The molecule has 0 bridgehead atoms. The lowest BCUT2D eigenvalue weighted by atomic mass is 9.76. The molecule has 1 saturated heterocycles. The molecule has 1 aliphatic carbocycles. The maximum absolute atomic E-state index is 12.7. The minimum Gasteiger partial charge on any atom is -0.480 e. The first-order chi connectivity index (χ1) is 9.38. The van der Waals surface area contributed by atoms with Crippen molar-refractivity contribution in [3.8, 4) is 0 Å². The molecule has 1 N–H and O–H groups in total. The van der Waals surface area contributed by atoms with Crippen LogP contribution in [0.15, 0.2) is 12.7 Å². The number of amides is 2. The van der Waals surface area contributed by atoms with Gasteiger partial charge in [-0.15, -0.1) is 6.58 Å². The van der Waals surface area contributed by atoms with Crippen LogP contribution in [0.1, 0.15) is 39.5 Å². The zero-order valence-corrected chi connectivity index (χ0v) is 12.3. The van der Waals surface area contributed by atoms with Gasteiger partial charge < -0.3 is 14.9 Å². The maximum atomic E-state index is 12.7. The molecule has 0 radical (unpaired) electrons. The molecule has 1 unspecified atom stereocenters. The molecular weight excluding hydrogens is 256 g/mol. The van der Waals surface area contributed by atoms with Crippen molar-refractivity contribution in [2.75, 3.05) is 13.1 Å². The molecule has 0 aromatic carbocycles. The number of likely N-dealkylation sites (tertiary alicyclic amines) is 1. The van der Waals surface area contributed by atoms with Crippen molar-refractivity contribution in [2.45, 2.75) is 51.6 Å². The lowest BCUT2D eigenvalue weighted by Crippen LogP contribution is -2.59. The van der Waals surface area contributed by atoms with Crippen LogP contribution in [0.3, 0.4) is 0 Å². The third-order valence-electron chi connectivity index (χ3n) is 4.31. The highest BCUT2D eigenvalue weighted by molar-refractivity contribution is 5.84. The van der Waals surface area contributed by atoms with Crippen LogP contribution in [0.5, 0.6) is 0 Å². The van der Waals surface area contributed by atoms with E-state index in [9.17, 15) is 14.7 Å². The van der Waals surface area contributed by atoms with Crippen LogP contribution in [0, 0.1) is 5.41 Å². The largest absolute Gasteiger partial charge is 0.480 e. The van der Waals surface area contributed by atoms with Crippen LogP contribution in [0.4, 0.5) is 4.79 Å². The normalized spacial score (nSPS) is 25.1. The van der Waals surface area contributed by atoms with E-state index in [1.165, 1.54) is 0 Å². The zero-order valence-electron chi connectivity index (χ0n) is 12.3. The van der Waals surface area contributed by atoms with Gasteiger partial charge in [-0.25, -0.2) is 9.59 Å². The van der Waals surface area contributed by atoms with E-state index in [4.69, 9.17) is 0 Å². The Morgan fingerprint density at radius 1 is 1.45 bits per heavy atom. The predicted octanol–water partition coefficient (Wildman–Crippen LogP) is 2.33. The smallest absolute Gasteiger partial charge is 0.327 e. The first-order valence-electron chi connectivity index (χ1n) is 7.29. The molecule has 1 aliphatic heterocycles. The van der Waals surface area contributed by atoms with Crippen molar-refractivity contribution in [3.63, 3.8) is 0 Å². The van der Waals surface area contributed by atoms with Gasteiger partial charge in [0.2, 0.25) is 0 Å². The second kappa shape index (κ2) is 5.46. The summed E-state index contributed by atoms with van der Waals surface area (Å²) in [5, 5.41) is 9.53. The number of carbonyl (C=O) groups excluding carboxylic acids is 1. The number of carbonyl (C=O) groups is 2. The van der Waals surface area contributed by atoms with Gasteiger partial charge >= 0.3 is 12.0 Å². The average Bonchev–Trinajstić information content (AvgIpc) is 3.17. The third-order valence-corrected chi connectivity index (χ3v) is 4.31. The number of hydrogen-bond donors (Lipinski definition) is 1. The van der Waals surface area contributed by atoms with E-state index in [-0.39, 0.29) is 17.5 Å². The molecule has 0 aromatic heterocycles. The number of urea groups is 1. The summed E-state index contributed by atoms with van der Waals surface area (Å²) in [6.07, 6.45) is 5.41. The lowest BCUT2D eigenvalue weighted by molar-refractivity contribution is -0.148. The van der Waals surface area contributed by atoms with Crippen molar-refractivity contribution in [1.29, 1.82) is 0 Å². The van der Waals surface area contributed by atoms with E-state index >= 15 is 0 Å². The third kappa shape index (κ3) is 2.81. The first kappa shape index (κ1) is 14.9. The van der Waals surface area contributed by atoms with E-state index in [0.29, 0.717) is 13.1 Å². The molecule has 2 amide bonds. The van der Waals surface area contributed by atoms with Crippen molar-refractivity contribution in [1.82, 2.24) is 9.80 Å². The fourth-order valence-electron chi connectivity index (χ4n) is 3.14. The van der Waals surface area contributed by atoms with Crippen LogP contribution in [-0.2, 0) is 4.79 Å². The Hall–Kier alpha value is -1.52. The molecule has 2 fully saturated rings. The Morgan fingerprint density at radius 2 is 2.10 bits per heavy atom. The molecule has 112 valence electrons. The molecule has 0 aromatic rings. The van der Waals surface area contributed by atoms with Crippen LogP contribution in [-0.4, -0.2) is 52.1 Å². The van der Waals surface area contributed by atoms with Gasteiger partial charge in [-0.2, -0.15) is 0 Å². The Bertz CT molecular complexity index is 415. The average molecular weight is 280 g/mol. The second-order valence-electron chi connectivity index (χ2n) is 6.48. The maximum Gasteiger partial charge on any atom is 0.327 e. The molecule has 5 heteroatoms. The highest BCUT2D eigenvalue weighted by Crippen LogP contribution is 2.37. The molecular formula is C15H24N2O3. The highest BCUT2D eigenvalue weighted by Gasteiger charge is 2.46. The molecule has 0 spiro atoms. The minimum atomic E-state index is -0.905. The molecule has 1 heterocycles. The van der Waals surface area contributed by atoms with E-state index in [1.807, 2.05) is 13.8 Å². The van der Waals surface area contributed by atoms with Gasteiger partial charge in [0.15, 0.2) is 0 Å². The number of nitrogens with zero attached hydrogens (tertiary/aromatic N) is 2. The number of rotatable bonds is 4. The van der Waals surface area contributed by atoms with E-state index in [1.54, 1.807) is 15.9 Å². The van der Waals surface area contributed by atoms with Gasteiger partial charge in [0.25, 0.3) is 0 Å². The summed E-state index contributed by atoms with van der Waals surface area (Å²) in [6.45, 7) is 8.57. The first-order valence-corrected chi connectivity index (χ1v) is 7.29. The Labute approximate surface area is 120 Å². The van der Waals surface area contributed by atoms with Gasteiger partial charge in [0, 0.05) is 19.1 Å². The summed E-state index contributed by atoms with van der Waals surface area (Å²) in [5.74, 6) is -0.905. The number of carboxylic acid groups (broad SMARTS) is 1. The van der Waals surface area contributed by atoms with Gasteiger partial charge in [-0.3, -0.25) is 0 Å². The molecule has 2 aliphatic rings. The molecule has 2 rings (SSSR count). The summed E-state index contributed by atoms with van der Waals surface area (Å²) in [6, 6.07) is -0.623. The number of piperidine rings is 1. The van der Waals surface area contributed by atoms with Gasteiger partial charge in [0.05, 0.1) is 0 Å². The van der Waals surface area contributed by atoms with Crippen molar-refractivity contribution >= 4 is 12.0 Å². The summed E-state index contributed by atoms with van der Waals surface area (Å²) < 4.78 is 0. The van der Waals surface area contributed by atoms with E-state index in [2.05, 4.69) is 6.58 Å². The number of hydrogen-bond acceptors (Lipinski definition) is 2. The summed E-state index contributed by atoms with van der Waals surface area (Å²) in [5.41, 5.74) is -0.386. The van der Waals surface area contributed by atoms with E-state index in [0.717, 1.165) is 25.7 Å². The Kier molecular flexibility index (Phi) is 4.06. The fourth-order valence-corrected chi connectivity index (χ4v) is 3.14. The molecule has 1 atom stereocenters. The van der Waals surface area contributed by atoms with Gasteiger partial charge in [-0.05, 0) is 31.1 Å². The number of carboxylic acids is 1. The predicted molar refractivity (Wildman–Crippen MR) is 76.5 cm³/mol. The zero-order chi connectivity index (χ0) is 14.9. The molecule has 1 saturated carbocycles. The van der Waals surface area contributed by atoms with Crippen molar-refractivity contribution < 1.29 is 14.7 Å². The SMILES string of the molecule is C=CCN(C(=O)N1CCCC(C)(C)C1C(=O)O)C1CC1. The van der Waals surface area contributed by atoms with Crippen LogP contribution in [0.25, 0.3) is 0 Å². The van der Waals surface area contributed by atoms with Gasteiger partial charge in [0.1, 0.15) is 6.04 Å². The minimum absolute atomic E-state index is 0.146. The van der Waals surface area contributed by atoms with Crippen LogP contribution >= 0.6 is 0 Å². The Balaban J connectivity index is 2.21. The monoisotopic (exact) mass is 280 g/mol. The standard InChI is InChI=1S/C15H24N2O3/c1-4-9-16(11-6-7-11)14(20)17-10-5-8-15(2,3)12(17)13(18)19/h4,11-12H,1,5-10H2,2-3H3,(H,18,19). The highest BCUT2D eigenvalue weighted by atomic mass is 16.4. The molecule has 5 nitrogen and oxygen atoms in total. The fraction of sp³-hybridized carbons (Fsp3) is 0.733. The lowest BCUT2D eigenvalue weighted by Gasteiger charge is -2.45. The molecule has 20 heavy (non-hydrogen) atoms. The second-order valence-corrected chi connectivity index (χ2v) is 6.48. The van der Waals surface area contributed by atoms with Crippen LogP contribution < -0.4 is 0 Å². The quantitative estimate of drug-likeness (QED) is 0.804. The van der Waals surface area contributed by atoms with Gasteiger partial charge in [-0.1, -0.05) is 19.9 Å². The summed E-state index contributed by atoms with van der Waals surface area (Å²) in [7, 11) is 0. The van der Waals surface area contributed by atoms with Crippen molar-refractivity contribution in [2.24, 2.45) is 5.41 Å².